The van der Waals surface area contributed by atoms with E-state index in [0.717, 1.165) is 63.9 Å². The van der Waals surface area contributed by atoms with Crippen molar-refractivity contribution in [3.8, 4) is 0 Å². The zero-order valence-corrected chi connectivity index (χ0v) is 16.4. The number of aryl methyl sites for hydroxylation is 1. The maximum atomic E-state index is 5.39. The average molecular weight is 380 g/mol. The van der Waals surface area contributed by atoms with Crippen molar-refractivity contribution in [3.63, 3.8) is 0 Å². The van der Waals surface area contributed by atoms with Crippen molar-refractivity contribution in [1.82, 2.24) is 19.9 Å². The van der Waals surface area contributed by atoms with E-state index in [-0.39, 0.29) is 0 Å². The summed E-state index contributed by atoms with van der Waals surface area (Å²) in [4.78, 5) is 14.8. The fraction of sp³-hybridized carbons (Fsp3) is 0.429. The summed E-state index contributed by atoms with van der Waals surface area (Å²) in [5.41, 5.74) is 3.46. The van der Waals surface area contributed by atoms with Crippen molar-refractivity contribution in [3.05, 3.63) is 47.8 Å². The molecule has 1 aliphatic rings. The molecule has 0 spiro atoms. The number of aromatic amines is 1. The second-order valence-corrected chi connectivity index (χ2v) is 7.14. The van der Waals surface area contributed by atoms with Crippen molar-refractivity contribution in [2.75, 3.05) is 56.6 Å². The van der Waals surface area contributed by atoms with Gasteiger partial charge in [-0.2, -0.15) is 4.98 Å². The molecule has 0 aliphatic carbocycles. The third kappa shape index (κ3) is 4.79. The lowest BCUT2D eigenvalue weighted by Crippen LogP contribution is -2.39. The molecule has 3 heterocycles. The molecule has 2 aromatic heterocycles. The number of para-hydroxylation sites is 1. The molecule has 1 aromatic carbocycles. The van der Waals surface area contributed by atoms with Gasteiger partial charge in [-0.3, -0.25) is 4.90 Å². The van der Waals surface area contributed by atoms with Crippen LogP contribution in [-0.4, -0.2) is 65.8 Å². The van der Waals surface area contributed by atoms with E-state index in [1.54, 1.807) is 0 Å². The van der Waals surface area contributed by atoms with Crippen molar-refractivity contribution < 1.29 is 4.74 Å². The predicted molar refractivity (Wildman–Crippen MR) is 113 cm³/mol. The highest BCUT2D eigenvalue weighted by atomic mass is 16.5. The molecule has 3 aromatic rings. The van der Waals surface area contributed by atoms with Gasteiger partial charge < -0.3 is 20.4 Å². The zero-order valence-electron chi connectivity index (χ0n) is 16.4. The van der Waals surface area contributed by atoms with Crippen LogP contribution in [0.1, 0.15) is 11.3 Å². The fourth-order valence-electron chi connectivity index (χ4n) is 3.55. The van der Waals surface area contributed by atoms with Gasteiger partial charge in [0, 0.05) is 61.6 Å². The van der Waals surface area contributed by atoms with Gasteiger partial charge in [-0.25, -0.2) is 4.98 Å². The van der Waals surface area contributed by atoms with Crippen LogP contribution in [0.15, 0.2) is 36.5 Å². The van der Waals surface area contributed by atoms with Gasteiger partial charge in [0.2, 0.25) is 5.95 Å². The van der Waals surface area contributed by atoms with Crippen LogP contribution in [0.25, 0.3) is 10.9 Å². The third-order valence-corrected chi connectivity index (χ3v) is 5.04. The molecule has 0 amide bonds. The molecule has 0 atom stereocenters. The monoisotopic (exact) mass is 380 g/mol. The summed E-state index contributed by atoms with van der Waals surface area (Å²) in [6.45, 7) is 8.28. The molecular formula is C21H28N6O. The molecule has 0 bridgehead atoms. The Hall–Kier alpha value is -2.64. The van der Waals surface area contributed by atoms with Gasteiger partial charge in [0.25, 0.3) is 0 Å². The van der Waals surface area contributed by atoms with Crippen LogP contribution in [0.5, 0.6) is 0 Å². The first-order valence-electron chi connectivity index (χ1n) is 9.96. The Kier molecular flexibility index (Phi) is 6.04. The minimum atomic E-state index is 0.683. The average Bonchev–Trinajstić information content (AvgIpc) is 3.12. The Morgan fingerprint density at radius 3 is 2.86 bits per heavy atom. The molecule has 4 rings (SSSR count). The van der Waals surface area contributed by atoms with E-state index in [9.17, 15) is 0 Å². The van der Waals surface area contributed by atoms with E-state index < -0.39 is 0 Å². The molecule has 0 radical (unpaired) electrons. The van der Waals surface area contributed by atoms with Crippen LogP contribution in [0.3, 0.4) is 0 Å². The number of morpholine rings is 1. The van der Waals surface area contributed by atoms with E-state index in [1.807, 2.05) is 13.0 Å². The highest BCUT2D eigenvalue weighted by Gasteiger charge is 2.10. The first-order chi connectivity index (χ1) is 13.8. The van der Waals surface area contributed by atoms with E-state index in [2.05, 4.69) is 60.9 Å². The number of aromatic nitrogens is 3. The minimum absolute atomic E-state index is 0.683. The number of ether oxygens (including phenoxy) is 1. The summed E-state index contributed by atoms with van der Waals surface area (Å²) in [5.74, 6) is 1.55. The molecule has 0 saturated carbocycles. The van der Waals surface area contributed by atoms with E-state index in [4.69, 9.17) is 4.74 Å². The normalized spacial score (nSPS) is 15.0. The Bertz CT molecular complexity index is 903. The van der Waals surface area contributed by atoms with Crippen LogP contribution >= 0.6 is 0 Å². The number of hydrogen-bond donors (Lipinski definition) is 3. The summed E-state index contributed by atoms with van der Waals surface area (Å²) in [6, 6.07) is 10.4. The topological polar surface area (TPSA) is 78.1 Å². The van der Waals surface area contributed by atoms with Gasteiger partial charge in [-0.05, 0) is 25.0 Å². The van der Waals surface area contributed by atoms with Gasteiger partial charge in [0.1, 0.15) is 5.82 Å². The number of nitrogens with one attached hydrogen (secondary N) is 3. The molecule has 7 heteroatoms. The standard InChI is InChI=1S/C21H28N6O/c1-16-14-20(22-7-6-17-15-24-19-5-3-2-4-18(17)19)26-21(25-16)23-8-9-27-10-12-28-13-11-27/h2-5,14-15,24H,6-13H2,1H3,(H2,22,23,25,26). The zero-order chi connectivity index (χ0) is 19.2. The Morgan fingerprint density at radius 1 is 1.11 bits per heavy atom. The molecule has 1 saturated heterocycles. The fourth-order valence-corrected chi connectivity index (χ4v) is 3.55. The quantitative estimate of drug-likeness (QED) is 0.558. The van der Waals surface area contributed by atoms with Gasteiger partial charge in [0.15, 0.2) is 0 Å². The summed E-state index contributed by atoms with van der Waals surface area (Å²) in [7, 11) is 0. The summed E-state index contributed by atoms with van der Waals surface area (Å²) in [6.07, 6.45) is 3.03. The van der Waals surface area contributed by atoms with E-state index >= 15 is 0 Å². The van der Waals surface area contributed by atoms with Gasteiger partial charge >= 0.3 is 0 Å². The van der Waals surface area contributed by atoms with Gasteiger partial charge in [-0.1, -0.05) is 18.2 Å². The molecule has 28 heavy (non-hydrogen) atoms. The lowest BCUT2D eigenvalue weighted by molar-refractivity contribution is 0.0398. The summed E-state index contributed by atoms with van der Waals surface area (Å²) < 4.78 is 5.39. The first-order valence-corrected chi connectivity index (χ1v) is 9.96. The van der Waals surface area contributed by atoms with E-state index in [1.165, 1.54) is 16.5 Å². The highest BCUT2D eigenvalue weighted by Crippen LogP contribution is 2.18. The molecule has 1 aliphatic heterocycles. The molecule has 0 unspecified atom stereocenters. The van der Waals surface area contributed by atoms with Crippen LogP contribution in [0.2, 0.25) is 0 Å². The first kappa shape index (κ1) is 18.7. The molecule has 1 fully saturated rings. The van der Waals surface area contributed by atoms with Crippen LogP contribution < -0.4 is 10.6 Å². The van der Waals surface area contributed by atoms with Gasteiger partial charge in [-0.15, -0.1) is 0 Å². The number of H-pyrrole nitrogens is 1. The van der Waals surface area contributed by atoms with Gasteiger partial charge in [0.05, 0.1) is 13.2 Å². The third-order valence-electron chi connectivity index (χ3n) is 5.04. The molecular weight excluding hydrogens is 352 g/mol. The van der Waals surface area contributed by atoms with Crippen molar-refractivity contribution in [2.45, 2.75) is 13.3 Å². The number of anilines is 2. The van der Waals surface area contributed by atoms with Crippen LogP contribution in [0, 0.1) is 6.92 Å². The smallest absolute Gasteiger partial charge is 0.224 e. The number of fused-ring (bicyclic) bond motifs is 1. The molecule has 148 valence electrons. The second-order valence-electron chi connectivity index (χ2n) is 7.14. The Labute approximate surface area is 165 Å². The van der Waals surface area contributed by atoms with E-state index in [0.29, 0.717) is 5.95 Å². The SMILES string of the molecule is Cc1cc(NCCc2c[nH]c3ccccc23)nc(NCCN2CCOCC2)n1. The molecule has 7 nitrogen and oxygen atoms in total. The lowest BCUT2D eigenvalue weighted by Gasteiger charge is -2.26. The molecule has 3 N–H and O–H groups in total. The van der Waals surface area contributed by atoms with Crippen molar-refractivity contribution in [2.24, 2.45) is 0 Å². The Balaban J connectivity index is 1.29. The van der Waals surface area contributed by atoms with Crippen molar-refractivity contribution in [1.29, 1.82) is 0 Å². The summed E-state index contributed by atoms with van der Waals surface area (Å²) >= 11 is 0. The number of benzene rings is 1. The van der Waals surface area contributed by atoms with Crippen LogP contribution in [0.4, 0.5) is 11.8 Å². The minimum Gasteiger partial charge on any atom is -0.379 e. The second kappa shape index (κ2) is 9.03. The number of rotatable bonds is 8. The van der Waals surface area contributed by atoms with Crippen molar-refractivity contribution >= 4 is 22.7 Å². The number of hydrogen-bond acceptors (Lipinski definition) is 6. The maximum Gasteiger partial charge on any atom is 0.224 e. The highest BCUT2D eigenvalue weighted by molar-refractivity contribution is 5.83. The Morgan fingerprint density at radius 2 is 1.96 bits per heavy atom. The maximum absolute atomic E-state index is 5.39. The largest absolute Gasteiger partial charge is 0.379 e. The predicted octanol–water partition coefficient (Wildman–Crippen LogP) is 2.67. The number of nitrogens with zero attached hydrogens (tertiary/aromatic N) is 3. The lowest BCUT2D eigenvalue weighted by atomic mass is 10.1. The van der Waals surface area contributed by atoms with Crippen LogP contribution in [-0.2, 0) is 11.2 Å². The summed E-state index contributed by atoms with van der Waals surface area (Å²) in [5, 5.41) is 8.07.